The first-order valence-electron chi connectivity index (χ1n) is 6.79. The molecule has 0 saturated carbocycles. The molecule has 0 aromatic heterocycles. The number of benzene rings is 1. The molecule has 1 aromatic rings. The third kappa shape index (κ3) is 2.31. The van der Waals surface area contributed by atoms with E-state index in [4.69, 9.17) is 0 Å². The summed E-state index contributed by atoms with van der Waals surface area (Å²) in [5.74, 6) is -0.533. The standard InChI is InChI=1S/C15H17BrFNO/c1-9-2-5-13(14(17)6-9)15(19)18-11-3-4-12(18)8-10(16)7-11/h2,5-6,10-12H,3-4,7-8H2,1H3. The highest BCUT2D eigenvalue weighted by atomic mass is 79.9. The van der Waals surface area contributed by atoms with E-state index in [-0.39, 0.29) is 23.6 Å². The Morgan fingerprint density at radius 1 is 1.32 bits per heavy atom. The molecule has 4 heteroatoms. The molecule has 2 saturated heterocycles. The van der Waals surface area contributed by atoms with Gasteiger partial charge in [0.2, 0.25) is 0 Å². The maximum Gasteiger partial charge on any atom is 0.257 e. The summed E-state index contributed by atoms with van der Waals surface area (Å²) < 4.78 is 14.0. The number of carbonyl (C=O) groups excluding carboxylic acids is 1. The molecule has 2 nitrogen and oxygen atoms in total. The summed E-state index contributed by atoms with van der Waals surface area (Å²) in [4.78, 5) is 15.0. The Labute approximate surface area is 121 Å². The van der Waals surface area contributed by atoms with Crippen molar-refractivity contribution in [2.75, 3.05) is 0 Å². The predicted octanol–water partition coefficient (Wildman–Crippen LogP) is 3.66. The maximum absolute atomic E-state index is 14.0. The summed E-state index contributed by atoms with van der Waals surface area (Å²) in [6.45, 7) is 1.83. The molecule has 2 heterocycles. The summed E-state index contributed by atoms with van der Waals surface area (Å²) in [7, 11) is 0. The Bertz CT molecular complexity index is 505. The fourth-order valence-corrected chi connectivity index (χ4v) is 4.24. The van der Waals surface area contributed by atoms with Crippen molar-refractivity contribution in [2.24, 2.45) is 0 Å². The number of aryl methyl sites for hydroxylation is 1. The van der Waals surface area contributed by atoms with Crippen molar-refractivity contribution < 1.29 is 9.18 Å². The van der Waals surface area contributed by atoms with Gasteiger partial charge in [0.1, 0.15) is 5.82 Å². The molecule has 2 atom stereocenters. The van der Waals surface area contributed by atoms with E-state index in [2.05, 4.69) is 15.9 Å². The van der Waals surface area contributed by atoms with Crippen LogP contribution in [-0.2, 0) is 0 Å². The van der Waals surface area contributed by atoms with Crippen LogP contribution in [0.1, 0.15) is 41.6 Å². The Morgan fingerprint density at radius 2 is 1.95 bits per heavy atom. The second-order valence-corrected chi connectivity index (χ2v) is 6.94. The van der Waals surface area contributed by atoms with Crippen molar-refractivity contribution in [3.05, 3.63) is 35.1 Å². The number of nitrogens with zero attached hydrogens (tertiary/aromatic N) is 1. The number of amides is 1. The Morgan fingerprint density at radius 3 is 2.53 bits per heavy atom. The smallest absolute Gasteiger partial charge is 0.257 e. The van der Waals surface area contributed by atoms with Crippen molar-refractivity contribution in [3.8, 4) is 0 Å². The molecule has 3 rings (SSSR count). The van der Waals surface area contributed by atoms with Crippen molar-refractivity contribution in [3.63, 3.8) is 0 Å². The molecule has 2 aliphatic rings. The van der Waals surface area contributed by atoms with Crippen LogP contribution in [0.5, 0.6) is 0 Å². The second-order valence-electron chi connectivity index (χ2n) is 5.65. The van der Waals surface area contributed by atoms with Crippen LogP contribution in [0, 0.1) is 12.7 Å². The monoisotopic (exact) mass is 325 g/mol. The van der Waals surface area contributed by atoms with Crippen molar-refractivity contribution >= 4 is 21.8 Å². The Kier molecular flexibility index (Phi) is 3.37. The molecule has 2 fully saturated rings. The van der Waals surface area contributed by atoms with E-state index in [0.717, 1.165) is 31.2 Å². The summed E-state index contributed by atoms with van der Waals surface area (Å²) in [5, 5.41) is 0. The van der Waals surface area contributed by atoms with Gasteiger partial charge in [-0.3, -0.25) is 4.79 Å². The molecule has 102 valence electrons. The average Bonchev–Trinajstić information content (AvgIpc) is 2.61. The van der Waals surface area contributed by atoms with Gasteiger partial charge in [0.05, 0.1) is 5.56 Å². The van der Waals surface area contributed by atoms with Crippen LogP contribution >= 0.6 is 15.9 Å². The first kappa shape index (κ1) is 13.1. The Hall–Kier alpha value is -0.900. The molecule has 19 heavy (non-hydrogen) atoms. The van der Waals surface area contributed by atoms with E-state index in [1.807, 2.05) is 11.8 Å². The van der Waals surface area contributed by atoms with Gasteiger partial charge in [-0.15, -0.1) is 0 Å². The minimum Gasteiger partial charge on any atom is -0.333 e. The van der Waals surface area contributed by atoms with Gasteiger partial charge >= 0.3 is 0 Å². The zero-order chi connectivity index (χ0) is 13.6. The Balaban J connectivity index is 1.88. The van der Waals surface area contributed by atoms with E-state index in [1.54, 1.807) is 12.1 Å². The second kappa shape index (κ2) is 4.89. The third-order valence-electron chi connectivity index (χ3n) is 4.27. The zero-order valence-corrected chi connectivity index (χ0v) is 12.5. The van der Waals surface area contributed by atoms with Crippen LogP contribution in [0.3, 0.4) is 0 Å². The van der Waals surface area contributed by atoms with E-state index >= 15 is 0 Å². The highest BCUT2D eigenvalue weighted by Crippen LogP contribution is 2.39. The van der Waals surface area contributed by atoms with Crippen molar-refractivity contribution in [2.45, 2.75) is 49.5 Å². The van der Waals surface area contributed by atoms with E-state index in [1.165, 1.54) is 6.07 Å². The molecular formula is C15H17BrFNO. The number of alkyl halides is 1. The third-order valence-corrected chi connectivity index (χ3v) is 5.01. The number of rotatable bonds is 1. The predicted molar refractivity (Wildman–Crippen MR) is 76.1 cm³/mol. The van der Waals surface area contributed by atoms with Crippen LogP contribution in [0.25, 0.3) is 0 Å². The van der Waals surface area contributed by atoms with Gasteiger partial charge in [0.25, 0.3) is 5.91 Å². The molecule has 2 bridgehead atoms. The van der Waals surface area contributed by atoms with Gasteiger partial charge in [0.15, 0.2) is 0 Å². The van der Waals surface area contributed by atoms with Gasteiger partial charge in [-0.1, -0.05) is 22.0 Å². The van der Waals surface area contributed by atoms with E-state index < -0.39 is 5.82 Å². The van der Waals surface area contributed by atoms with Gasteiger partial charge in [0, 0.05) is 16.9 Å². The van der Waals surface area contributed by atoms with Crippen LogP contribution in [0.15, 0.2) is 18.2 Å². The maximum atomic E-state index is 14.0. The van der Waals surface area contributed by atoms with Crippen LogP contribution in [0.2, 0.25) is 0 Å². The lowest BCUT2D eigenvalue weighted by atomic mass is 10.0. The number of carbonyl (C=O) groups is 1. The van der Waals surface area contributed by atoms with Gasteiger partial charge < -0.3 is 4.90 Å². The lowest BCUT2D eigenvalue weighted by Gasteiger charge is -2.37. The van der Waals surface area contributed by atoms with E-state index in [0.29, 0.717) is 4.83 Å². The highest BCUT2D eigenvalue weighted by Gasteiger charge is 2.43. The first-order chi connectivity index (χ1) is 9.06. The number of piperidine rings is 1. The molecule has 0 aliphatic carbocycles. The van der Waals surface area contributed by atoms with Crippen molar-refractivity contribution in [1.29, 1.82) is 0 Å². The lowest BCUT2D eigenvalue weighted by molar-refractivity contribution is 0.0598. The molecule has 2 aliphatic heterocycles. The minimum atomic E-state index is -0.398. The number of hydrogen-bond acceptors (Lipinski definition) is 1. The molecule has 0 radical (unpaired) electrons. The molecule has 2 unspecified atom stereocenters. The van der Waals surface area contributed by atoms with Crippen molar-refractivity contribution in [1.82, 2.24) is 4.90 Å². The highest BCUT2D eigenvalue weighted by molar-refractivity contribution is 9.09. The summed E-state index contributed by atoms with van der Waals surface area (Å²) in [6.07, 6.45) is 4.06. The summed E-state index contributed by atoms with van der Waals surface area (Å²) in [5.41, 5.74) is 1.06. The van der Waals surface area contributed by atoms with E-state index in [9.17, 15) is 9.18 Å². The van der Waals surface area contributed by atoms with Crippen LogP contribution < -0.4 is 0 Å². The van der Waals surface area contributed by atoms with Gasteiger partial charge in [-0.25, -0.2) is 4.39 Å². The topological polar surface area (TPSA) is 20.3 Å². The largest absolute Gasteiger partial charge is 0.333 e. The molecular weight excluding hydrogens is 309 g/mol. The average molecular weight is 326 g/mol. The fraction of sp³-hybridized carbons (Fsp3) is 0.533. The minimum absolute atomic E-state index is 0.135. The van der Waals surface area contributed by atoms with Gasteiger partial charge in [-0.2, -0.15) is 0 Å². The fourth-order valence-electron chi connectivity index (χ4n) is 3.37. The van der Waals surface area contributed by atoms with Crippen LogP contribution in [0.4, 0.5) is 4.39 Å². The quantitative estimate of drug-likeness (QED) is 0.721. The first-order valence-corrected chi connectivity index (χ1v) is 7.70. The SMILES string of the molecule is Cc1ccc(C(=O)N2C3CCC2CC(Br)C3)c(F)c1. The number of fused-ring (bicyclic) bond motifs is 2. The number of hydrogen-bond donors (Lipinski definition) is 0. The zero-order valence-electron chi connectivity index (χ0n) is 10.9. The van der Waals surface area contributed by atoms with Crippen LogP contribution in [-0.4, -0.2) is 27.7 Å². The molecule has 0 spiro atoms. The number of halogens is 2. The molecule has 1 amide bonds. The van der Waals surface area contributed by atoms with Gasteiger partial charge in [-0.05, 0) is 50.3 Å². The normalized spacial score (nSPS) is 29.6. The molecule has 1 aromatic carbocycles. The molecule has 0 N–H and O–H groups in total. The summed E-state index contributed by atoms with van der Waals surface area (Å²) in [6, 6.07) is 5.40. The lowest BCUT2D eigenvalue weighted by Crippen LogP contribution is -2.47. The summed E-state index contributed by atoms with van der Waals surface area (Å²) >= 11 is 3.65.